The molecule has 0 spiro atoms. The minimum Gasteiger partial charge on any atom is -0.360 e. The van der Waals surface area contributed by atoms with Crippen LogP contribution >= 0.6 is 11.8 Å². The van der Waals surface area contributed by atoms with E-state index in [4.69, 9.17) is 0 Å². The number of hydrogen-bond donors (Lipinski definition) is 3. The molecule has 1 aromatic heterocycles. The Morgan fingerprint density at radius 2 is 2.07 bits per heavy atom. The maximum absolute atomic E-state index is 14.6. The number of thioether (sulfide) groups is 1. The van der Waals surface area contributed by atoms with Gasteiger partial charge in [-0.3, -0.25) is 25.6 Å². The van der Waals surface area contributed by atoms with Crippen molar-refractivity contribution in [1.82, 2.24) is 20.5 Å². The summed E-state index contributed by atoms with van der Waals surface area (Å²) in [5, 5.41) is 10.3. The van der Waals surface area contributed by atoms with Crippen LogP contribution in [-0.4, -0.2) is 59.5 Å². The highest BCUT2D eigenvalue weighted by Crippen LogP contribution is 2.30. The third kappa shape index (κ3) is 5.93. The molecule has 2 rings (SSSR count). The Bertz CT molecular complexity index is 687. The summed E-state index contributed by atoms with van der Waals surface area (Å²) < 4.78 is 14.6. The van der Waals surface area contributed by atoms with E-state index in [1.54, 1.807) is 20.4 Å². The summed E-state index contributed by atoms with van der Waals surface area (Å²) in [4.78, 5) is 33.1. The number of hydrogen-bond acceptors (Lipinski definition) is 8. The number of nitrogens with zero attached hydrogens (tertiary/aromatic N) is 4. The van der Waals surface area contributed by atoms with Gasteiger partial charge in [0.1, 0.15) is 0 Å². The molecule has 3 N–H and O–H groups in total. The van der Waals surface area contributed by atoms with Crippen molar-refractivity contribution >= 4 is 35.7 Å². The van der Waals surface area contributed by atoms with E-state index in [1.165, 1.54) is 16.7 Å². The smallest absolute Gasteiger partial charge is 0.243 e. The number of hydrazine groups is 1. The zero-order chi connectivity index (χ0) is 20.7. The lowest BCUT2D eigenvalue weighted by Gasteiger charge is -2.23. The summed E-state index contributed by atoms with van der Waals surface area (Å²) in [5.41, 5.74) is 4.99. The molecule has 1 aliphatic rings. The highest BCUT2D eigenvalue weighted by molar-refractivity contribution is 7.98. The Morgan fingerprint density at radius 1 is 1.39 bits per heavy atom. The van der Waals surface area contributed by atoms with Gasteiger partial charge in [-0.1, -0.05) is 37.4 Å². The van der Waals surface area contributed by atoms with E-state index in [0.717, 1.165) is 25.7 Å². The fourth-order valence-corrected chi connectivity index (χ4v) is 3.65. The van der Waals surface area contributed by atoms with E-state index >= 15 is 0 Å². The first-order chi connectivity index (χ1) is 13.3. The third-order valence-electron chi connectivity index (χ3n) is 4.72. The number of carbonyl (C=O) groups excluding carboxylic acids is 2. The second-order valence-electron chi connectivity index (χ2n) is 7.02. The first kappa shape index (κ1) is 22.2. The van der Waals surface area contributed by atoms with Crippen molar-refractivity contribution in [3.05, 3.63) is 5.82 Å². The molecule has 1 fully saturated rings. The van der Waals surface area contributed by atoms with Crippen molar-refractivity contribution in [2.45, 2.75) is 37.3 Å². The molecular weight excluding hydrogens is 387 g/mol. The minimum absolute atomic E-state index is 0.0982. The number of hydroxylamine groups is 2. The first-order valence-corrected chi connectivity index (χ1v) is 10.3. The molecule has 2 amide bonds. The Balaban J connectivity index is 2.10. The number of anilines is 2. The van der Waals surface area contributed by atoms with Gasteiger partial charge in [0.15, 0.2) is 16.8 Å². The zero-order valence-electron chi connectivity index (χ0n) is 16.3. The predicted octanol–water partition coefficient (Wildman–Crippen LogP) is 1.89. The molecule has 0 radical (unpaired) electrons. The second kappa shape index (κ2) is 10.4. The monoisotopic (exact) mass is 414 g/mol. The lowest BCUT2D eigenvalue weighted by atomic mass is 9.92. The predicted molar refractivity (Wildman–Crippen MR) is 104 cm³/mol. The molecule has 156 valence electrons. The number of amides is 2. The van der Waals surface area contributed by atoms with E-state index in [9.17, 15) is 19.2 Å². The summed E-state index contributed by atoms with van der Waals surface area (Å²) in [6.45, 7) is -0.126. The zero-order valence-corrected chi connectivity index (χ0v) is 17.1. The van der Waals surface area contributed by atoms with Gasteiger partial charge in [-0.2, -0.15) is 4.39 Å². The highest BCUT2D eigenvalue weighted by Gasteiger charge is 2.27. The molecule has 1 atom stereocenters. The Morgan fingerprint density at radius 3 is 2.64 bits per heavy atom. The van der Waals surface area contributed by atoms with Crippen molar-refractivity contribution in [1.29, 1.82) is 0 Å². The fraction of sp³-hybridized carbons (Fsp3) is 0.647. The second-order valence-corrected chi connectivity index (χ2v) is 7.79. The number of carbonyl (C=O) groups is 2. The van der Waals surface area contributed by atoms with Crippen molar-refractivity contribution in [2.75, 3.05) is 37.2 Å². The average molecular weight is 415 g/mol. The topological polar surface area (TPSA) is 111 Å². The number of nitrogens with one attached hydrogen (secondary N) is 2. The van der Waals surface area contributed by atoms with Crippen LogP contribution in [0.3, 0.4) is 0 Å². The van der Waals surface area contributed by atoms with Crippen LogP contribution in [0.2, 0.25) is 0 Å². The van der Waals surface area contributed by atoms with Gasteiger partial charge in [-0.15, -0.1) is 0 Å². The summed E-state index contributed by atoms with van der Waals surface area (Å²) in [6.07, 6.45) is 6.85. The molecule has 1 aliphatic carbocycles. The molecule has 0 unspecified atom stereocenters. The van der Waals surface area contributed by atoms with E-state index < -0.39 is 17.6 Å². The van der Waals surface area contributed by atoms with Crippen LogP contribution in [0.15, 0.2) is 5.16 Å². The van der Waals surface area contributed by atoms with Gasteiger partial charge < -0.3 is 4.90 Å². The molecule has 1 aromatic rings. The van der Waals surface area contributed by atoms with E-state index in [2.05, 4.69) is 20.8 Å². The van der Waals surface area contributed by atoms with Gasteiger partial charge in [-0.05, 0) is 18.6 Å². The molecule has 9 nitrogen and oxygen atoms in total. The summed E-state index contributed by atoms with van der Waals surface area (Å²) in [7, 11) is 3.32. The Kier molecular flexibility index (Phi) is 8.24. The normalized spacial score (nSPS) is 15.2. The molecular formula is C17H27FN6O3S. The summed E-state index contributed by atoms with van der Waals surface area (Å²) >= 11 is 1.25. The Labute approximate surface area is 168 Å². The van der Waals surface area contributed by atoms with Gasteiger partial charge in [0.05, 0.1) is 12.5 Å². The van der Waals surface area contributed by atoms with Crippen LogP contribution < -0.4 is 15.8 Å². The minimum atomic E-state index is -0.688. The summed E-state index contributed by atoms with van der Waals surface area (Å²) in [5.74, 6) is -1.43. The van der Waals surface area contributed by atoms with Gasteiger partial charge in [0.25, 0.3) is 0 Å². The summed E-state index contributed by atoms with van der Waals surface area (Å²) in [6, 6.07) is 0. The van der Waals surface area contributed by atoms with Crippen molar-refractivity contribution in [3.63, 3.8) is 0 Å². The highest BCUT2D eigenvalue weighted by atomic mass is 32.2. The number of halogens is 1. The van der Waals surface area contributed by atoms with Gasteiger partial charge >= 0.3 is 0 Å². The molecule has 1 heterocycles. The van der Waals surface area contributed by atoms with Crippen LogP contribution in [0, 0.1) is 17.7 Å². The van der Waals surface area contributed by atoms with Gasteiger partial charge in [0.2, 0.25) is 18.1 Å². The standard InChI is InChI=1S/C17H27FN6O3S/c1-23(2)15-13(18)14(19-17(20-15)28-3)21-22-16(26)12(9-24(27)10-25)8-11-6-4-5-7-11/h10-12,27H,4-9H2,1-3H3,(H,22,26)(H,19,20,21)/t12-/m1/s1. The van der Waals surface area contributed by atoms with E-state index in [1.807, 2.05) is 0 Å². The van der Waals surface area contributed by atoms with Crippen LogP contribution in [0.25, 0.3) is 0 Å². The average Bonchev–Trinajstić information content (AvgIpc) is 3.19. The van der Waals surface area contributed by atoms with Crippen molar-refractivity contribution in [3.8, 4) is 0 Å². The molecule has 11 heteroatoms. The third-order valence-corrected chi connectivity index (χ3v) is 5.26. The van der Waals surface area contributed by atoms with Crippen molar-refractivity contribution in [2.24, 2.45) is 11.8 Å². The molecule has 0 aliphatic heterocycles. The Hall–Kier alpha value is -2.14. The van der Waals surface area contributed by atoms with E-state index in [-0.39, 0.29) is 24.6 Å². The largest absolute Gasteiger partial charge is 0.360 e. The van der Waals surface area contributed by atoms with E-state index in [0.29, 0.717) is 22.6 Å². The maximum Gasteiger partial charge on any atom is 0.243 e. The number of aromatic nitrogens is 2. The molecule has 0 aromatic carbocycles. The van der Waals surface area contributed by atoms with Crippen LogP contribution in [0.4, 0.5) is 16.0 Å². The van der Waals surface area contributed by atoms with Gasteiger partial charge in [-0.25, -0.2) is 15.0 Å². The first-order valence-electron chi connectivity index (χ1n) is 9.11. The fourth-order valence-electron chi connectivity index (χ4n) is 3.29. The van der Waals surface area contributed by atoms with Gasteiger partial charge in [0, 0.05) is 14.1 Å². The van der Waals surface area contributed by atoms with Crippen LogP contribution in [0.5, 0.6) is 0 Å². The molecule has 28 heavy (non-hydrogen) atoms. The quantitative estimate of drug-likeness (QED) is 0.175. The molecule has 1 saturated carbocycles. The van der Waals surface area contributed by atoms with Crippen molar-refractivity contribution < 1.29 is 19.2 Å². The molecule has 0 bridgehead atoms. The maximum atomic E-state index is 14.6. The molecule has 0 saturated heterocycles. The lowest BCUT2D eigenvalue weighted by Crippen LogP contribution is -2.41. The lowest BCUT2D eigenvalue weighted by molar-refractivity contribution is -0.154. The van der Waals surface area contributed by atoms with Crippen LogP contribution in [0.1, 0.15) is 32.1 Å². The number of rotatable bonds is 10. The van der Waals surface area contributed by atoms with Crippen LogP contribution in [-0.2, 0) is 9.59 Å². The SMILES string of the molecule is CSc1nc(NNC(=O)[C@H](CC2CCCC2)CN(O)C=O)c(F)c(N(C)C)n1.